The lowest BCUT2D eigenvalue weighted by Gasteiger charge is -2.53. The number of Topliss-reactive ketones (excluding diaryl/α,β-unsaturated/α-hetero) is 1. The number of aryl methyl sites for hydroxylation is 1. The second-order valence-electron chi connectivity index (χ2n) is 8.80. The van der Waals surface area contributed by atoms with Gasteiger partial charge in [0.2, 0.25) is 5.91 Å². The minimum absolute atomic E-state index is 0.0966. The van der Waals surface area contributed by atoms with Crippen LogP contribution in [0.2, 0.25) is 0 Å². The normalized spacial score (nSPS) is 17.3. The Balaban J connectivity index is 1.90. The second kappa shape index (κ2) is 11.3. The van der Waals surface area contributed by atoms with Crippen LogP contribution in [0.15, 0.2) is 61.2 Å². The van der Waals surface area contributed by atoms with Gasteiger partial charge in [0.1, 0.15) is 17.8 Å². The number of urea groups is 1. The van der Waals surface area contributed by atoms with Crippen molar-refractivity contribution in [1.82, 2.24) is 10.2 Å². The summed E-state index contributed by atoms with van der Waals surface area (Å²) in [5.74, 6) is -0.210. The molecule has 0 bridgehead atoms. The first-order chi connectivity index (χ1) is 16.8. The van der Waals surface area contributed by atoms with E-state index in [4.69, 9.17) is 9.47 Å². The van der Waals surface area contributed by atoms with Gasteiger partial charge in [-0.1, -0.05) is 61.9 Å². The number of imide groups is 1. The lowest BCUT2D eigenvalue weighted by molar-refractivity contribution is -0.191. The van der Waals surface area contributed by atoms with E-state index >= 15 is 0 Å². The molecule has 0 saturated carbocycles. The van der Waals surface area contributed by atoms with Crippen molar-refractivity contribution in [2.45, 2.75) is 52.3 Å². The number of hydrogen-bond donors (Lipinski definition) is 1. The Morgan fingerprint density at radius 3 is 2.40 bits per heavy atom. The van der Waals surface area contributed by atoms with Crippen molar-refractivity contribution in [3.8, 4) is 5.75 Å². The standard InChI is InChI=1S/C28H34N2O5/c1-6-11-22(20-16-14-19(4)15-17-20)29-27(33)30-25(32)28(7-2,8-3)26(30)35-24-13-10-9-12-21(24)23(31)18-34-5/h6,9-10,12-17,22,26H,1,7-8,11,18H2,2-5H3,(H,29,33)/t22-,26+/m1/s1. The summed E-state index contributed by atoms with van der Waals surface area (Å²) in [5.41, 5.74) is 1.52. The number of rotatable bonds is 11. The highest BCUT2D eigenvalue weighted by molar-refractivity contribution is 6.04. The van der Waals surface area contributed by atoms with Gasteiger partial charge in [-0.25, -0.2) is 9.69 Å². The van der Waals surface area contributed by atoms with Gasteiger partial charge in [0.25, 0.3) is 0 Å². The third kappa shape index (κ3) is 5.15. The molecule has 1 saturated heterocycles. The van der Waals surface area contributed by atoms with Crippen molar-refractivity contribution in [3.63, 3.8) is 0 Å². The molecule has 7 heteroatoms. The molecule has 2 aromatic rings. The van der Waals surface area contributed by atoms with Crippen molar-refractivity contribution < 1.29 is 23.9 Å². The monoisotopic (exact) mass is 478 g/mol. The van der Waals surface area contributed by atoms with Crippen molar-refractivity contribution in [2.24, 2.45) is 5.41 Å². The molecule has 2 atom stereocenters. The van der Waals surface area contributed by atoms with E-state index in [2.05, 4.69) is 11.9 Å². The van der Waals surface area contributed by atoms with E-state index in [1.165, 1.54) is 7.11 Å². The summed E-state index contributed by atoms with van der Waals surface area (Å²) in [6.45, 7) is 9.52. The number of nitrogens with one attached hydrogen (secondary N) is 1. The van der Waals surface area contributed by atoms with Crippen LogP contribution in [0.25, 0.3) is 0 Å². The highest BCUT2D eigenvalue weighted by Gasteiger charge is 2.63. The molecule has 0 spiro atoms. The fourth-order valence-electron chi connectivity index (χ4n) is 4.49. The molecule has 1 aliphatic rings. The van der Waals surface area contributed by atoms with Crippen LogP contribution in [0.3, 0.4) is 0 Å². The molecule has 0 aromatic heterocycles. The van der Waals surface area contributed by atoms with E-state index < -0.39 is 17.7 Å². The van der Waals surface area contributed by atoms with Crippen molar-refractivity contribution in [2.75, 3.05) is 13.7 Å². The molecule has 3 amide bonds. The number of ether oxygens (including phenoxy) is 2. The van der Waals surface area contributed by atoms with Crippen LogP contribution < -0.4 is 10.1 Å². The largest absolute Gasteiger partial charge is 0.468 e. The minimum Gasteiger partial charge on any atom is -0.468 e. The van der Waals surface area contributed by atoms with Crippen LogP contribution in [0, 0.1) is 12.3 Å². The Morgan fingerprint density at radius 2 is 1.80 bits per heavy atom. The number of hydrogen-bond acceptors (Lipinski definition) is 5. The Bertz CT molecular complexity index is 1080. The summed E-state index contributed by atoms with van der Waals surface area (Å²) >= 11 is 0. The van der Waals surface area contributed by atoms with Gasteiger partial charge >= 0.3 is 6.03 Å². The molecule has 1 aliphatic heterocycles. The number of nitrogens with zero attached hydrogens (tertiary/aromatic N) is 1. The third-order valence-electron chi connectivity index (χ3n) is 6.71. The number of carbonyl (C=O) groups is 3. The van der Waals surface area contributed by atoms with Crippen LogP contribution in [0.1, 0.15) is 60.6 Å². The van der Waals surface area contributed by atoms with Gasteiger partial charge < -0.3 is 14.8 Å². The van der Waals surface area contributed by atoms with Crippen molar-refractivity contribution in [1.29, 1.82) is 0 Å². The quantitative estimate of drug-likeness (QED) is 0.272. The molecule has 186 valence electrons. The smallest absolute Gasteiger partial charge is 0.327 e. The van der Waals surface area contributed by atoms with Crippen molar-refractivity contribution in [3.05, 3.63) is 77.9 Å². The fraction of sp³-hybridized carbons (Fsp3) is 0.393. The van der Waals surface area contributed by atoms with Crippen LogP contribution in [0.5, 0.6) is 5.75 Å². The molecule has 1 fully saturated rings. The van der Waals surface area contributed by atoms with Gasteiger partial charge in [0.05, 0.1) is 11.6 Å². The van der Waals surface area contributed by atoms with Gasteiger partial charge in [-0.3, -0.25) is 9.59 Å². The number of carbonyl (C=O) groups excluding carboxylic acids is 3. The number of likely N-dealkylation sites (tertiary alicyclic amines) is 1. The summed E-state index contributed by atoms with van der Waals surface area (Å²) < 4.78 is 11.3. The van der Waals surface area contributed by atoms with Gasteiger partial charge in [-0.05, 0) is 43.9 Å². The van der Waals surface area contributed by atoms with Crippen LogP contribution in [0.4, 0.5) is 4.79 Å². The van der Waals surface area contributed by atoms with E-state index in [1.54, 1.807) is 30.3 Å². The molecular formula is C28H34N2O5. The molecule has 0 unspecified atom stereocenters. The summed E-state index contributed by atoms with van der Waals surface area (Å²) in [6, 6.07) is 13.8. The van der Waals surface area contributed by atoms with Crippen LogP contribution in [-0.4, -0.2) is 42.6 Å². The Labute approximate surface area is 207 Å². The molecule has 2 aromatic carbocycles. The molecule has 35 heavy (non-hydrogen) atoms. The lowest BCUT2D eigenvalue weighted by atomic mass is 9.72. The maximum atomic E-state index is 13.4. The SMILES string of the molecule is C=CC[C@@H](NC(=O)N1C(=O)C(CC)(CC)[C@@H]1Oc1ccccc1C(=O)COC)c1ccc(C)cc1. The number of amides is 3. The average molecular weight is 479 g/mol. The van der Waals surface area contributed by atoms with E-state index in [9.17, 15) is 14.4 Å². The molecule has 1 N–H and O–H groups in total. The molecular weight excluding hydrogens is 444 g/mol. The maximum absolute atomic E-state index is 13.4. The zero-order valence-electron chi connectivity index (χ0n) is 20.9. The molecule has 1 heterocycles. The maximum Gasteiger partial charge on any atom is 0.327 e. The summed E-state index contributed by atoms with van der Waals surface area (Å²) in [4.78, 5) is 40.4. The van der Waals surface area contributed by atoms with E-state index in [0.29, 0.717) is 30.6 Å². The number of methoxy groups -OCH3 is 1. The van der Waals surface area contributed by atoms with Crippen molar-refractivity contribution >= 4 is 17.7 Å². The zero-order chi connectivity index (χ0) is 25.6. The van der Waals surface area contributed by atoms with Crippen LogP contribution >= 0.6 is 0 Å². The topological polar surface area (TPSA) is 84.9 Å². The predicted octanol–water partition coefficient (Wildman–Crippen LogP) is 5.20. The summed E-state index contributed by atoms with van der Waals surface area (Å²) in [6.07, 6.45) is 2.39. The Morgan fingerprint density at radius 1 is 1.14 bits per heavy atom. The summed E-state index contributed by atoms with van der Waals surface area (Å²) in [7, 11) is 1.45. The molecule has 0 aliphatic carbocycles. The van der Waals surface area contributed by atoms with E-state index in [1.807, 2.05) is 45.0 Å². The first-order valence-corrected chi connectivity index (χ1v) is 11.9. The van der Waals surface area contributed by atoms with E-state index in [-0.39, 0.29) is 24.3 Å². The van der Waals surface area contributed by atoms with Gasteiger partial charge in [0.15, 0.2) is 12.0 Å². The molecule has 7 nitrogen and oxygen atoms in total. The number of benzene rings is 2. The zero-order valence-corrected chi connectivity index (χ0v) is 20.9. The summed E-state index contributed by atoms with van der Waals surface area (Å²) in [5, 5.41) is 2.97. The predicted molar refractivity (Wildman–Crippen MR) is 134 cm³/mol. The average Bonchev–Trinajstić information content (AvgIpc) is 2.85. The second-order valence-corrected chi connectivity index (χ2v) is 8.80. The van der Waals surface area contributed by atoms with Gasteiger partial charge in [0, 0.05) is 7.11 Å². The molecule has 3 rings (SSSR count). The van der Waals surface area contributed by atoms with Gasteiger partial charge in [-0.15, -0.1) is 6.58 Å². The number of ketones is 1. The Hall–Kier alpha value is -3.45. The number of β-lactam (4-membered cyclic amide) rings is 1. The minimum atomic E-state index is -0.855. The highest BCUT2D eigenvalue weighted by Crippen LogP contribution is 2.46. The highest BCUT2D eigenvalue weighted by atomic mass is 16.5. The first kappa shape index (κ1) is 26.2. The van der Waals surface area contributed by atoms with Gasteiger partial charge in [-0.2, -0.15) is 0 Å². The number of para-hydroxylation sites is 1. The third-order valence-corrected chi connectivity index (χ3v) is 6.71. The fourth-order valence-corrected chi connectivity index (χ4v) is 4.49. The van der Waals surface area contributed by atoms with Crippen LogP contribution in [-0.2, 0) is 9.53 Å². The van der Waals surface area contributed by atoms with E-state index in [0.717, 1.165) is 16.0 Å². The molecule has 0 radical (unpaired) electrons. The lowest BCUT2D eigenvalue weighted by Crippen LogP contribution is -2.73. The first-order valence-electron chi connectivity index (χ1n) is 11.9. The Kier molecular flexibility index (Phi) is 8.46.